The van der Waals surface area contributed by atoms with Crippen molar-refractivity contribution in [3.05, 3.63) is 35.0 Å². The summed E-state index contributed by atoms with van der Waals surface area (Å²) in [5, 5.41) is 10.6. The number of aliphatic hydroxyl groups excluding tert-OH is 1. The molecule has 0 spiro atoms. The van der Waals surface area contributed by atoms with Gasteiger partial charge in [-0.1, -0.05) is 38.3 Å². The molecule has 1 aliphatic rings. The molecule has 1 heterocycles. The smallest absolute Gasteiger partial charge is 0.125 e. The number of hydrogen-bond acceptors (Lipinski definition) is 4. The molecule has 1 atom stereocenters. The molecular weight excluding hydrogens is 340 g/mol. The molecule has 0 aliphatic heterocycles. The van der Waals surface area contributed by atoms with Gasteiger partial charge in [-0.25, -0.2) is 13.9 Å². The first kappa shape index (κ1) is 17.7. The Balaban J connectivity index is 1.93. The van der Waals surface area contributed by atoms with E-state index in [0.29, 0.717) is 12.5 Å². The second-order valence-electron chi connectivity index (χ2n) is 6.15. The molecule has 1 aliphatic carbocycles. The van der Waals surface area contributed by atoms with E-state index in [4.69, 9.17) is 0 Å². The van der Waals surface area contributed by atoms with Crippen molar-refractivity contribution in [1.29, 1.82) is 0 Å². The summed E-state index contributed by atoms with van der Waals surface area (Å²) in [5.74, 6) is 0.580. The van der Waals surface area contributed by atoms with Crippen LogP contribution in [0, 0.1) is 0 Å². The Hall–Kier alpha value is -1.08. The van der Waals surface area contributed by atoms with Crippen molar-refractivity contribution >= 4 is 22.3 Å². The Bertz CT molecular complexity index is 709. The summed E-state index contributed by atoms with van der Waals surface area (Å²) in [7, 11) is -1.29. The SMILES string of the molecule is CCNS(=O)c1cc(CO)ccc1-c1cnc(C2CCCCC2)s1. The van der Waals surface area contributed by atoms with Gasteiger partial charge >= 0.3 is 0 Å². The second kappa shape index (κ2) is 8.34. The van der Waals surface area contributed by atoms with Crippen LogP contribution in [0.2, 0.25) is 0 Å². The van der Waals surface area contributed by atoms with Crippen LogP contribution in [0.5, 0.6) is 0 Å². The molecule has 24 heavy (non-hydrogen) atoms. The lowest BCUT2D eigenvalue weighted by atomic mass is 9.90. The maximum Gasteiger partial charge on any atom is 0.125 e. The third-order valence-electron chi connectivity index (χ3n) is 4.45. The first-order chi connectivity index (χ1) is 11.7. The van der Waals surface area contributed by atoms with Gasteiger partial charge in [-0.2, -0.15) is 0 Å². The first-order valence-corrected chi connectivity index (χ1v) is 10.5. The van der Waals surface area contributed by atoms with E-state index in [0.717, 1.165) is 20.9 Å². The van der Waals surface area contributed by atoms with Gasteiger partial charge in [0.2, 0.25) is 0 Å². The lowest BCUT2D eigenvalue weighted by molar-refractivity contribution is 0.281. The molecule has 1 unspecified atom stereocenters. The molecule has 3 rings (SSSR count). The van der Waals surface area contributed by atoms with Crippen LogP contribution in [0.25, 0.3) is 10.4 Å². The fourth-order valence-corrected chi connectivity index (χ4v) is 5.43. The van der Waals surface area contributed by atoms with Crippen LogP contribution in [0.1, 0.15) is 55.5 Å². The molecule has 130 valence electrons. The Morgan fingerprint density at radius 3 is 2.83 bits per heavy atom. The minimum absolute atomic E-state index is 0.0490. The number of nitrogens with zero attached hydrogens (tertiary/aromatic N) is 1. The highest BCUT2D eigenvalue weighted by molar-refractivity contribution is 7.83. The van der Waals surface area contributed by atoms with Gasteiger partial charge in [0.15, 0.2) is 0 Å². The fourth-order valence-electron chi connectivity index (χ4n) is 3.18. The lowest BCUT2D eigenvalue weighted by Gasteiger charge is -2.18. The zero-order valence-corrected chi connectivity index (χ0v) is 15.6. The van der Waals surface area contributed by atoms with Crippen LogP contribution in [-0.4, -0.2) is 20.8 Å². The van der Waals surface area contributed by atoms with Gasteiger partial charge in [0.05, 0.1) is 21.4 Å². The maximum atomic E-state index is 12.5. The standard InChI is InChI=1S/C18H24N2O2S2/c1-2-20-24(22)17-10-13(12-21)8-9-15(17)16-11-19-18(23-16)14-6-4-3-5-7-14/h8-11,14,20-21H,2-7,12H2,1H3. The van der Waals surface area contributed by atoms with Crippen molar-refractivity contribution in [2.45, 2.75) is 56.4 Å². The summed E-state index contributed by atoms with van der Waals surface area (Å²) in [5.41, 5.74) is 1.73. The Morgan fingerprint density at radius 2 is 2.12 bits per heavy atom. The van der Waals surface area contributed by atoms with Crippen LogP contribution in [0.15, 0.2) is 29.3 Å². The quantitative estimate of drug-likeness (QED) is 0.815. The van der Waals surface area contributed by atoms with E-state index in [9.17, 15) is 9.32 Å². The minimum atomic E-state index is -1.29. The Labute approximate surface area is 149 Å². The van der Waals surface area contributed by atoms with Crippen LogP contribution in [0.3, 0.4) is 0 Å². The zero-order chi connectivity index (χ0) is 16.9. The molecule has 0 radical (unpaired) electrons. The number of aromatic nitrogens is 1. The van der Waals surface area contributed by atoms with Gasteiger partial charge in [-0.3, -0.25) is 0 Å². The predicted octanol–water partition coefficient (Wildman–Crippen LogP) is 3.98. The molecule has 4 nitrogen and oxygen atoms in total. The topological polar surface area (TPSA) is 62.2 Å². The molecule has 6 heteroatoms. The number of hydrogen-bond donors (Lipinski definition) is 2. The molecule has 2 N–H and O–H groups in total. The number of benzene rings is 1. The number of thiazole rings is 1. The van der Waals surface area contributed by atoms with Crippen molar-refractivity contribution in [2.75, 3.05) is 6.54 Å². The molecule has 1 saturated carbocycles. The monoisotopic (exact) mass is 364 g/mol. The number of nitrogens with one attached hydrogen (secondary N) is 1. The van der Waals surface area contributed by atoms with Crippen LogP contribution in [-0.2, 0) is 17.6 Å². The molecular formula is C18H24N2O2S2. The summed E-state index contributed by atoms with van der Waals surface area (Å²) in [6.07, 6.45) is 8.29. The Kier molecular flexibility index (Phi) is 6.16. The largest absolute Gasteiger partial charge is 0.392 e. The van der Waals surface area contributed by atoms with E-state index in [2.05, 4.69) is 9.71 Å². The van der Waals surface area contributed by atoms with Gasteiger partial charge < -0.3 is 5.11 Å². The summed E-state index contributed by atoms with van der Waals surface area (Å²) >= 11 is 1.72. The normalized spacial score (nSPS) is 17.1. The van der Waals surface area contributed by atoms with E-state index in [-0.39, 0.29) is 6.61 Å². The van der Waals surface area contributed by atoms with Gasteiger partial charge in [-0.05, 0) is 24.5 Å². The van der Waals surface area contributed by atoms with E-state index in [1.165, 1.54) is 37.1 Å². The van der Waals surface area contributed by atoms with E-state index in [1.54, 1.807) is 11.3 Å². The van der Waals surface area contributed by atoms with E-state index < -0.39 is 11.0 Å². The molecule has 0 bridgehead atoms. The average Bonchev–Trinajstić information content (AvgIpc) is 3.12. The summed E-state index contributed by atoms with van der Waals surface area (Å²) in [6.45, 7) is 2.51. The highest BCUT2D eigenvalue weighted by Gasteiger charge is 2.20. The van der Waals surface area contributed by atoms with Crippen LogP contribution < -0.4 is 4.72 Å². The minimum Gasteiger partial charge on any atom is -0.392 e. The average molecular weight is 365 g/mol. The molecule has 1 fully saturated rings. The van der Waals surface area contributed by atoms with Gasteiger partial charge in [-0.15, -0.1) is 11.3 Å². The highest BCUT2D eigenvalue weighted by Crippen LogP contribution is 2.38. The fraction of sp³-hybridized carbons (Fsp3) is 0.500. The first-order valence-electron chi connectivity index (χ1n) is 8.58. The third-order valence-corrected chi connectivity index (χ3v) is 6.93. The van der Waals surface area contributed by atoms with Gasteiger partial charge in [0.25, 0.3) is 0 Å². The maximum absolute atomic E-state index is 12.5. The van der Waals surface area contributed by atoms with Crippen LogP contribution in [0.4, 0.5) is 0 Å². The van der Waals surface area contributed by atoms with E-state index in [1.807, 2.05) is 31.3 Å². The predicted molar refractivity (Wildman–Crippen MR) is 99.4 cm³/mol. The summed E-state index contributed by atoms with van der Waals surface area (Å²) < 4.78 is 15.5. The molecule has 1 aromatic heterocycles. The number of aliphatic hydroxyl groups is 1. The van der Waals surface area contributed by atoms with Crippen molar-refractivity contribution in [3.63, 3.8) is 0 Å². The molecule has 0 saturated heterocycles. The zero-order valence-electron chi connectivity index (χ0n) is 14.0. The van der Waals surface area contributed by atoms with Crippen molar-refractivity contribution in [3.8, 4) is 10.4 Å². The van der Waals surface area contributed by atoms with Gasteiger partial charge in [0, 0.05) is 24.2 Å². The van der Waals surface area contributed by atoms with Crippen LogP contribution >= 0.6 is 11.3 Å². The molecule has 2 aromatic rings. The lowest BCUT2D eigenvalue weighted by Crippen LogP contribution is -2.17. The molecule has 1 aromatic carbocycles. The molecule has 0 amide bonds. The Morgan fingerprint density at radius 1 is 1.33 bits per heavy atom. The van der Waals surface area contributed by atoms with E-state index >= 15 is 0 Å². The number of rotatable bonds is 6. The van der Waals surface area contributed by atoms with Crippen molar-refractivity contribution in [1.82, 2.24) is 9.71 Å². The second-order valence-corrected chi connectivity index (χ2v) is 8.48. The van der Waals surface area contributed by atoms with Gasteiger partial charge in [0.1, 0.15) is 11.0 Å². The third kappa shape index (κ3) is 3.94. The van der Waals surface area contributed by atoms with Crippen molar-refractivity contribution in [2.24, 2.45) is 0 Å². The summed E-state index contributed by atoms with van der Waals surface area (Å²) in [6, 6.07) is 5.67. The highest BCUT2D eigenvalue weighted by atomic mass is 32.2. The summed E-state index contributed by atoms with van der Waals surface area (Å²) in [4.78, 5) is 6.44. The van der Waals surface area contributed by atoms with Crippen molar-refractivity contribution < 1.29 is 9.32 Å².